The van der Waals surface area contributed by atoms with Crippen LogP contribution in [0.2, 0.25) is 0 Å². The predicted molar refractivity (Wildman–Crippen MR) is 183 cm³/mol. The number of amides is 3. The molecule has 0 radical (unpaired) electrons. The van der Waals surface area contributed by atoms with Crippen LogP contribution in [-0.2, 0) is 16.6 Å². The zero-order valence-electron chi connectivity index (χ0n) is 27.7. The van der Waals surface area contributed by atoms with Crippen molar-refractivity contribution in [1.82, 2.24) is 30.0 Å². The quantitative estimate of drug-likeness (QED) is 0.194. The number of aromatic nitrogens is 4. The Morgan fingerprint density at radius 2 is 1.59 bits per heavy atom. The second kappa shape index (κ2) is 14.7. The van der Waals surface area contributed by atoms with Crippen molar-refractivity contribution in [2.24, 2.45) is 0 Å². The molecule has 2 aromatic heterocycles. The fraction of sp³-hybridized carbons (Fsp3) is 0.286. The monoisotopic (exact) mass is 622 g/mol. The van der Waals surface area contributed by atoms with Crippen molar-refractivity contribution in [3.8, 4) is 17.3 Å². The maximum atomic E-state index is 13.3. The molecule has 240 valence electrons. The van der Waals surface area contributed by atoms with E-state index in [9.17, 15) is 9.59 Å². The molecule has 3 aromatic carbocycles. The molecule has 11 heteroatoms. The Balaban J connectivity index is 0.00000154. The molecule has 0 aliphatic rings. The highest BCUT2D eigenvalue weighted by Crippen LogP contribution is 2.34. The van der Waals surface area contributed by atoms with Gasteiger partial charge in [0.1, 0.15) is 17.4 Å². The second-order valence-electron chi connectivity index (χ2n) is 12.0. The number of ether oxygens (including phenoxy) is 1. The van der Waals surface area contributed by atoms with Crippen LogP contribution < -0.4 is 20.7 Å². The number of anilines is 2. The van der Waals surface area contributed by atoms with Crippen LogP contribution in [-0.4, -0.2) is 64.8 Å². The summed E-state index contributed by atoms with van der Waals surface area (Å²) in [6.45, 7) is 8.28. The summed E-state index contributed by atoms with van der Waals surface area (Å²) < 4.78 is 7.87. The highest BCUT2D eigenvalue weighted by molar-refractivity contribution is 6.07. The number of hydrogen-bond acceptors (Lipinski definition) is 7. The van der Waals surface area contributed by atoms with Crippen molar-refractivity contribution < 1.29 is 14.3 Å². The zero-order valence-corrected chi connectivity index (χ0v) is 27.7. The molecule has 3 amide bonds. The number of carbonyl (C=O) groups is 2. The van der Waals surface area contributed by atoms with Crippen LogP contribution in [0.3, 0.4) is 0 Å². The number of nitrogens with one attached hydrogen (secondary N) is 3. The number of nitrogens with zero attached hydrogens (tertiary/aromatic N) is 5. The van der Waals surface area contributed by atoms with Crippen LogP contribution >= 0.6 is 0 Å². The van der Waals surface area contributed by atoms with Crippen molar-refractivity contribution in [2.75, 3.05) is 38.8 Å². The topological polar surface area (TPSA) is 126 Å². The van der Waals surface area contributed by atoms with Gasteiger partial charge < -0.3 is 20.3 Å². The minimum atomic E-state index is -0.404. The molecule has 5 aromatic rings. The summed E-state index contributed by atoms with van der Waals surface area (Å²) in [5.41, 5.74) is 3.24. The number of carbonyl (C=O) groups excluding carboxylic acids is 2. The molecule has 46 heavy (non-hydrogen) atoms. The van der Waals surface area contributed by atoms with Crippen LogP contribution in [0.15, 0.2) is 79.0 Å². The molecule has 11 nitrogen and oxygen atoms in total. The normalized spacial score (nSPS) is 11.0. The van der Waals surface area contributed by atoms with Gasteiger partial charge in [0.2, 0.25) is 11.8 Å². The Hall–Kier alpha value is -5.29. The van der Waals surface area contributed by atoms with E-state index in [1.165, 1.54) is 4.90 Å². The van der Waals surface area contributed by atoms with Crippen molar-refractivity contribution >= 4 is 34.2 Å². The van der Waals surface area contributed by atoms with E-state index < -0.39 is 6.03 Å². The van der Waals surface area contributed by atoms with E-state index in [1.54, 1.807) is 43.2 Å². The average molecular weight is 623 g/mol. The van der Waals surface area contributed by atoms with Crippen LogP contribution in [0.5, 0.6) is 11.6 Å². The third-order valence-electron chi connectivity index (χ3n) is 6.83. The number of rotatable bonds is 7. The zero-order chi connectivity index (χ0) is 33.4. The van der Waals surface area contributed by atoms with Gasteiger partial charge in [-0.25, -0.2) is 14.5 Å². The summed E-state index contributed by atoms with van der Waals surface area (Å²) in [7, 11) is 7.12. The SMILES string of the molecule is CNC.Cc1ccc(-n2nc(C(C)(C)C)cc2NC(=O)Nc2ccc(Oc3ccnc(CC(=O)N(C)C)n3)c3ccccc23)cc1. The lowest BCUT2D eigenvalue weighted by Crippen LogP contribution is -2.24. The molecule has 0 spiro atoms. The molecule has 0 saturated heterocycles. The first-order chi connectivity index (χ1) is 21.9. The van der Waals surface area contributed by atoms with Crippen LogP contribution in [0.1, 0.15) is 37.9 Å². The van der Waals surface area contributed by atoms with Gasteiger partial charge in [0.15, 0.2) is 0 Å². The van der Waals surface area contributed by atoms with Gasteiger partial charge in [-0.3, -0.25) is 10.1 Å². The molecule has 0 fully saturated rings. The first kappa shape index (κ1) is 33.6. The van der Waals surface area contributed by atoms with E-state index in [-0.39, 0.29) is 17.7 Å². The molecule has 0 unspecified atom stereocenters. The minimum Gasteiger partial charge on any atom is -0.438 e. The smallest absolute Gasteiger partial charge is 0.324 e. The van der Waals surface area contributed by atoms with Crippen molar-refractivity contribution in [1.29, 1.82) is 0 Å². The molecule has 0 aliphatic heterocycles. The third kappa shape index (κ3) is 8.45. The molecular formula is C35H42N8O3. The number of likely N-dealkylation sites (N-methyl/N-ethyl adjacent to an activating group) is 1. The molecule has 0 aliphatic carbocycles. The fourth-order valence-electron chi connectivity index (χ4n) is 4.39. The molecule has 0 atom stereocenters. The average Bonchev–Trinajstić information content (AvgIpc) is 3.43. The maximum absolute atomic E-state index is 13.3. The van der Waals surface area contributed by atoms with Gasteiger partial charge in [-0.2, -0.15) is 10.1 Å². The van der Waals surface area contributed by atoms with Crippen LogP contribution in [0.4, 0.5) is 16.3 Å². The standard InChI is InChI=1S/C33H35N7O3.C2H7N/c1-21-11-13-22(14-12-21)40-29(19-27(38-40)33(2,3)4)37-32(42)35-25-15-16-26(24-10-8-7-9-23(24)25)43-30-17-18-34-28(36-30)20-31(41)39(5)6;1-3-2/h7-19H,20H2,1-6H3,(H2,35,37,42);3H,1-2H3. The summed E-state index contributed by atoms with van der Waals surface area (Å²) in [4.78, 5) is 35.5. The van der Waals surface area contributed by atoms with E-state index in [2.05, 4.69) is 46.7 Å². The van der Waals surface area contributed by atoms with Gasteiger partial charge in [0.25, 0.3) is 0 Å². The van der Waals surface area contributed by atoms with E-state index in [0.717, 1.165) is 27.7 Å². The molecule has 5 rings (SSSR count). The van der Waals surface area contributed by atoms with Crippen molar-refractivity contribution in [2.45, 2.75) is 39.5 Å². The molecule has 2 heterocycles. The summed E-state index contributed by atoms with van der Waals surface area (Å²) in [6.07, 6.45) is 1.64. The highest BCUT2D eigenvalue weighted by atomic mass is 16.5. The van der Waals surface area contributed by atoms with Gasteiger partial charge in [-0.1, -0.05) is 62.7 Å². The van der Waals surface area contributed by atoms with Gasteiger partial charge in [0.05, 0.1) is 23.5 Å². The summed E-state index contributed by atoms with van der Waals surface area (Å²) in [5.74, 6) is 1.70. The van der Waals surface area contributed by atoms with Crippen molar-refractivity contribution in [3.63, 3.8) is 0 Å². The molecule has 0 bridgehead atoms. The fourth-order valence-corrected chi connectivity index (χ4v) is 4.39. The van der Waals surface area contributed by atoms with Gasteiger partial charge in [-0.05, 0) is 45.3 Å². The van der Waals surface area contributed by atoms with Crippen molar-refractivity contribution in [3.05, 3.63) is 96.1 Å². The maximum Gasteiger partial charge on any atom is 0.324 e. The summed E-state index contributed by atoms with van der Waals surface area (Å²) >= 11 is 0. The Kier molecular flexibility index (Phi) is 10.7. The Labute approximate surface area is 270 Å². The summed E-state index contributed by atoms with van der Waals surface area (Å²) in [6, 6.07) is 22.3. The van der Waals surface area contributed by atoms with E-state index in [1.807, 2.05) is 75.6 Å². The lowest BCUT2D eigenvalue weighted by Gasteiger charge is -2.14. The Morgan fingerprint density at radius 1 is 0.913 bits per heavy atom. The molecule has 3 N–H and O–H groups in total. The number of benzene rings is 3. The van der Waals surface area contributed by atoms with Crippen LogP contribution in [0.25, 0.3) is 16.5 Å². The largest absolute Gasteiger partial charge is 0.438 e. The predicted octanol–water partition coefficient (Wildman–Crippen LogP) is 6.32. The number of hydrogen-bond donors (Lipinski definition) is 3. The van der Waals surface area contributed by atoms with E-state index in [4.69, 9.17) is 9.84 Å². The molecular weight excluding hydrogens is 580 g/mol. The molecule has 0 saturated carbocycles. The highest BCUT2D eigenvalue weighted by Gasteiger charge is 2.22. The van der Waals surface area contributed by atoms with Gasteiger partial charge >= 0.3 is 6.03 Å². The number of urea groups is 1. The lowest BCUT2D eigenvalue weighted by molar-refractivity contribution is -0.128. The third-order valence-corrected chi connectivity index (χ3v) is 6.83. The summed E-state index contributed by atoms with van der Waals surface area (Å²) in [5, 5.41) is 15.1. The Bertz CT molecular complexity index is 1810. The lowest BCUT2D eigenvalue weighted by atomic mass is 9.92. The van der Waals surface area contributed by atoms with Crippen LogP contribution in [0, 0.1) is 6.92 Å². The number of fused-ring (bicyclic) bond motifs is 1. The first-order valence-electron chi connectivity index (χ1n) is 15.0. The number of aryl methyl sites for hydroxylation is 1. The second-order valence-corrected chi connectivity index (χ2v) is 12.0. The van der Waals surface area contributed by atoms with Gasteiger partial charge in [0, 0.05) is 48.6 Å². The van der Waals surface area contributed by atoms with Gasteiger partial charge in [-0.15, -0.1) is 0 Å². The Morgan fingerprint density at radius 3 is 2.24 bits per heavy atom. The minimum absolute atomic E-state index is 0.0724. The van der Waals surface area contributed by atoms with E-state index >= 15 is 0 Å². The first-order valence-corrected chi connectivity index (χ1v) is 15.0. The van der Waals surface area contributed by atoms with E-state index in [0.29, 0.717) is 29.0 Å².